The molecule has 0 aromatic heterocycles. The van der Waals surface area contributed by atoms with E-state index >= 15 is 0 Å². The number of nitro groups is 1. The molecule has 0 aliphatic heterocycles. The van der Waals surface area contributed by atoms with Crippen LogP contribution in [-0.2, 0) is 28.7 Å². The van der Waals surface area contributed by atoms with Crippen LogP contribution in [0.4, 0.5) is 22.7 Å². The summed E-state index contributed by atoms with van der Waals surface area (Å²) in [5.41, 5.74) is 7.25. The molecule has 6 N–H and O–H groups in total. The molecule has 0 aliphatic rings. The number of halogens is 1. The number of para-hydroxylation sites is 1. The van der Waals surface area contributed by atoms with Crippen LogP contribution < -0.4 is 16.0 Å². The SMILES string of the molecule is C.C.C.CC#N.CC#N.CN(C)c1ccccc1.COC(=O)/C=C/C(=O)Cl.COC(=O)/C=C/C(=O)Nc1ccc(O)cc1C=O.Nc1ccc(O)cc1C=O.O=Cc1cc(O)ccc1[N+](=O)[O-]. The van der Waals surface area contributed by atoms with Crippen molar-refractivity contribution < 1.29 is 63.3 Å². The van der Waals surface area contributed by atoms with E-state index in [1.807, 2.05) is 32.3 Å². The molecular weight excluding hydrogens is 896 g/mol. The fourth-order valence-corrected chi connectivity index (χ4v) is 3.61. The lowest BCUT2D eigenvalue weighted by Crippen LogP contribution is -2.10. The summed E-state index contributed by atoms with van der Waals surface area (Å²) in [7, 11) is 6.48. The second-order valence-corrected chi connectivity index (χ2v) is 11.5. The van der Waals surface area contributed by atoms with Gasteiger partial charge in [0.25, 0.3) is 5.69 Å². The first kappa shape index (κ1) is 69.8. The molecule has 4 aromatic rings. The summed E-state index contributed by atoms with van der Waals surface area (Å²) in [4.78, 5) is 85.1. The Morgan fingerprint density at radius 3 is 1.48 bits per heavy atom. The van der Waals surface area contributed by atoms with Crippen LogP contribution in [0.3, 0.4) is 0 Å². The number of nitrogens with zero attached hydrogens (tertiary/aromatic N) is 4. The Kier molecular flexibility index (Phi) is 44.2. The van der Waals surface area contributed by atoms with E-state index in [9.17, 15) is 43.7 Å². The number of nitrogens with one attached hydrogen (secondary N) is 1. The van der Waals surface area contributed by atoms with Crippen molar-refractivity contribution in [1.29, 1.82) is 10.5 Å². The van der Waals surface area contributed by atoms with E-state index in [1.165, 1.54) is 70.2 Å². The molecule has 1 amide bonds. The number of carbonyl (C=O) groups is 7. The first-order valence-corrected chi connectivity index (χ1v) is 17.7. The lowest BCUT2D eigenvalue weighted by molar-refractivity contribution is -0.385. The summed E-state index contributed by atoms with van der Waals surface area (Å²) in [6.45, 7) is 2.86. The Hall–Kier alpha value is -8.88. The highest BCUT2D eigenvalue weighted by molar-refractivity contribution is 6.66. The first-order chi connectivity index (χ1) is 30.2. The number of hydrogen-bond donors (Lipinski definition) is 5. The average molecular weight is 953 g/mol. The van der Waals surface area contributed by atoms with Gasteiger partial charge >= 0.3 is 11.9 Å². The number of benzene rings is 4. The number of nitro benzene ring substituents is 1. The number of phenols is 3. The van der Waals surface area contributed by atoms with Crippen molar-refractivity contribution >= 4 is 76.3 Å². The zero-order valence-corrected chi connectivity index (χ0v) is 36.0. The largest absolute Gasteiger partial charge is 0.508 e. The van der Waals surface area contributed by atoms with Gasteiger partial charge in [-0.1, -0.05) is 40.5 Å². The number of hydrogen-bond acceptors (Lipinski definition) is 18. The second-order valence-electron chi connectivity index (χ2n) is 11.1. The maximum atomic E-state index is 11.4. The quantitative estimate of drug-likeness (QED) is 0.0147. The minimum Gasteiger partial charge on any atom is -0.508 e. The van der Waals surface area contributed by atoms with Gasteiger partial charge in [-0.2, -0.15) is 10.5 Å². The molecule has 4 rings (SSSR count). The van der Waals surface area contributed by atoms with Crippen LogP contribution in [0.5, 0.6) is 17.2 Å². The van der Waals surface area contributed by atoms with Crippen molar-refractivity contribution in [1.82, 2.24) is 0 Å². The molecule has 0 saturated carbocycles. The zero-order valence-electron chi connectivity index (χ0n) is 35.2. The third-order valence-electron chi connectivity index (χ3n) is 6.35. The Bertz CT molecular complexity index is 2280. The van der Waals surface area contributed by atoms with E-state index in [4.69, 9.17) is 43.2 Å². The zero-order chi connectivity index (χ0) is 49.6. The van der Waals surface area contributed by atoms with E-state index in [0.29, 0.717) is 30.1 Å². The molecule has 21 heteroatoms. The third kappa shape index (κ3) is 35.3. The fraction of sp³-hybridized carbons (Fsp3) is 0.196. The fourth-order valence-electron chi connectivity index (χ4n) is 3.54. The molecule has 67 heavy (non-hydrogen) atoms. The van der Waals surface area contributed by atoms with Crippen molar-refractivity contribution in [3.8, 4) is 29.4 Å². The number of carbonyl (C=O) groups excluding carboxylic acids is 7. The van der Waals surface area contributed by atoms with Crippen LogP contribution in [0.1, 0.15) is 67.2 Å². The highest BCUT2D eigenvalue weighted by Crippen LogP contribution is 2.21. The number of anilines is 3. The molecule has 362 valence electrons. The number of nitrogens with two attached hydrogens (primary N) is 1. The van der Waals surface area contributed by atoms with Gasteiger partial charge in [-0.05, 0) is 72.3 Å². The number of amides is 1. The van der Waals surface area contributed by atoms with Crippen LogP contribution in [-0.4, -0.2) is 90.5 Å². The number of nitrogen functional groups attached to an aromatic ring is 1. The summed E-state index contributed by atoms with van der Waals surface area (Å²) in [5, 5.41) is 53.5. The molecule has 20 nitrogen and oxygen atoms in total. The highest BCUT2D eigenvalue weighted by Gasteiger charge is 2.12. The van der Waals surface area contributed by atoms with E-state index in [-0.39, 0.29) is 62.0 Å². The normalized spacial score (nSPS) is 8.49. The van der Waals surface area contributed by atoms with Crippen molar-refractivity contribution in [2.24, 2.45) is 0 Å². The van der Waals surface area contributed by atoms with Gasteiger partial charge in [-0.25, -0.2) is 9.59 Å². The summed E-state index contributed by atoms with van der Waals surface area (Å²) in [6.07, 6.45) is 5.25. The minimum absolute atomic E-state index is 0. The van der Waals surface area contributed by atoms with Gasteiger partial charge in [-0.3, -0.25) is 34.1 Å². The second kappa shape index (κ2) is 42.4. The highest BCUT2D eigenvalue weighted by atomic mass is 35.5. The number of methoxy groups -OCH3 is 2. The van der Waals surface area contributed by atoms with Crippen LogP contribution in [0.2, 0.25) is 0 Å². The monoisotopic (exact) mass is 952 g/mol. The van der Waals surface area contributed by atoms with Crippen LogP contribution >= 0.6 is 11.6 Å². The van der Waals surface area contributed by atoms with E-state index in [1.54, 1.807) is 12.1 Å². The molecule has 0 bridgehead atoms. The van der Waals surface area contributed by atoms with Gasteiger partial charge in [0.15, 0.2) is 18.9 Å². The van der Waals surface area contributed by atoms with Crippen molar-refractivity contribution in [3.63, 3.8) is 0 Å². The Labute approximate surface area is 394 Å². The van der Waals surface area contributed by atoms with Gasteiger partial charge in [0.2, 0.25) is 11.1 Å². The van der Waals surface area contributed by atoms with Gasteiger partial charge in [-0.15, -0.1) is 0 Å². The molecule has 0 saturated heterocycles. The number of nitriles is 2. The van der Waals surface area contributed by atoms with Gasteiger partial charge in [0.1, 0.15) is 17.2 Å². The molecule has 0 unspecified atom stereocenters. The summed E-state index contributed by atoms with van der Waals surface area (Å²) in [6, 6.07) is 25.2. The number of phenolic OH excluding ortho intramolecular Hbond substituents is 3. The topological polar surface area (TPSA) is 331 Å². The Morgan fingerprint density at radius 1 is 0.701 bits per heavy atom. The molecule has 0 radical (unpaired) electrons. The summed E-state index contributed by atoms with van der Waals surface area (Å²) >= 11 is 4.85. The summed E-state index contributed by atoms with van der Waals surface area (Å²) in [5.74, 6) is -2.04. The van der Waals surface area contributed by atoms with E-state index in [0.717, 1.165) is 42.5 Å². The standard InChI is InChI=1S/C12H11NO5.C8H11N.C7H5NO4.C7H7NO2.C5H5ClO3.2C2H3N.3CH4/c1-18-12(17)5-4-11(16)13-10-3-2-9(15)6-8(10)7-14;1-9(2)8-6-4-3-5-7-8;9-4-5-3-6(10)1-2-7(5)8(11)12;8-7-2-1-6(10)3-5(7)4-9;1-9-5(8)3-2-4(6)7;2*1-2-3;;;/h2-7,15H,1H3,(H,13,16);3-7H,1-2H3;1-4,10H;1-4,10H,8H2;2-3H,1H3;2*1H3;3*1H4/b5-4+;;;;3-2+;;;;;. The summed E-state index contributed by atoms with van der Waals surface area (Å²) < 4.78 is 8.48. The molecule has 0 spiro atoms. The Morgan fingerprint density at radius 2 is 1.10 bits per heavy atom. The molecule has 0 heterocycles. The van der Waals surface area contributed by atoms with Gasteiger partial charge in [0.05, 0.1) is 42.5 Å². The van der Waals surface area contributed by atoms with Gasteiger partial charge < -0.3 is 40.7 Å². The third-order valence-corrected chi connectivity index (χ3v) is 6.47. The molecule has 0 fully saturated rings. The smallest absolute Gasteiger partial charge is 0.330 e. The number of aldehydes is 3. The maximum Gasteiger partial charge on any atom is 0.330 e. The van der Waals surface area contributed by atoms with E-state index in [2.05, 4.69) is 31.8 Å². The number of aromatic hydroxyl groups is 3. The van der Waals surface area contributed by atoms with Crippen molar-refractivity contribution in [2.45, 2.75) is 36.1 Å². The number of rotatable bonds is 10. The lowest BCUT2D eigenvalue weighted by atomic mass is 10.2. The molecule has 4 aromatic carbocycles. The van der Waals surface area contributed by atoms with Crippen molar-refractivity contribution in [3.05, 3.63) is 136 Å². The van der Waals surface area contributed by atoms with Crippen molar-refractivity contribution in [2.75, 3.05) is 44.3 Å². The average Bonchev–Trinajstić information content (AvgIpc) is 3.27. The molecule has 0 aliphatic carbocycles. The number of allylic oxidation sites excluding steroid dienone is 1. The van der Waals surface area contributed by atoms with Crippen LogP contribution in [0.25, 0.3) is 0 Å². The first-order valence-electron chi connectivity index (χ1n) is 17.4. The lowest BCUT2D eigenvalue weighted by Gasteiger charge is -2.10. The minimum atomic E-state index is -0.694. The number of esters is 2. The predicted octanol–water partition coefficient (Wildman–Crippen LogP) is 7.97. The molecule has 0 atom stereocenters. The van der Waals surface area contributed by atoms with E-state index < -0.39 is 28.0 Å². The maximum absolute atomic E-state index is 11.4. The van der Waals surface area contributed by atoms with Crippen LogP contribution in [0, 0.1) is 32.8 Å². The number of ether oxygens (including phenoxy) is 2. The van der Waals surface area contributed by atoms with Crippen LogP contribution in [0.15, 0.2) is 109 Å². The van der Waals surface area contributed by atoms with Gasteiger partial charge in [0, 0.05) is 80.8 Å². The Balaban J connectivity index is -0.000000170. The molecular formula is C46H57ClN6O14. The predicted molar refractivity (Wildman–Crippen MR) is 257 cm³/mol.